The average molecular weight is 130 g/mol. The Morgan fingerprint density at radius 1 is 1.44 bits per heavy atom. The maximum atomic E-state index is 5.02. The summed E-state index contributed by atoms with van der Waals surface area (Å²) in [6.45, 7) is 8.79. The Morgan fingerprint density at radius 3 is 2.78 bits per heavy atom. The van der Waals surface area contributed by atoms with Crippen LogP contribution in [0, 0.1) is 6.61 Å². The minimum Gasteiger partial charge on any atom is -0.376 e. The minimum atomic E-state index is 0.784. The predicted octanol–water partition coefficient (Wildman–Crippen LogP) is 1.18. The van der Waals surface area contributed by atoms with Crippen molar-refractivity contribution in [2.24, 2.45) is 0 Å². The van der Waals surface area contributed by atoms with Crippen molar-refractivity contribution in [1.29, 1.82) is 0 Å². The third-order valence-electron chi connectivity index (χ3n) is 0.973. The van der Waals surface area contributed by atoms with E-state index in [1.807, 2.05) is 13.5 Å². The molecule has 0 aliphatic heterocycles. The topological polar surface area (TPSA) is 21.3 Å². The summed E-state index contributed by atoms with van der Waals surface area (Å²) in [6.07, 6.45) is 1.00. The van der Waals surface area contributed by atoms with Crippen molar-refractivity contribution in [1.82, 2.24) is 5.32 Å². The molecule has 2 heteroatoms. The molecule has 9 heavy (non-hydrogen) atoms. The van der Waals surface area contributed by atoms with Crippen molar-refractivity contribution in [3.63, 3.8) is 0 Å². The number of hydrogen-bond donors (Lipinski definition) is 1. The lowest BCUT2D eigenvalue weighted by Crippen LogP contribution is -2.14. The van der Waals surface area contributed by atoms with E-state index in [0.717, 1.165) is 26.1 Å². The van der Waals surface area contributed by atoms with Gasteiger partial charge in [0, 0.05) is 6.61 Å². The Hall–Kier alpha value is -0.0800. The lowest BCUT2D eigenvalue weighted by atomic mass is 10.4. The van der Waals surface area contributed by atoms with Gasteiger partial charge in [0.25, 0.3) is 0 Å². The number of rotatable bonds is 6. The van der Waals surface area contributed by atoms with Gasteiger partial charge in [-0.2, -0.15) is 0 Å². The van der Waals surface area contributed by atoms with Crippen LogP contribution in [0.1, 0.15) is 20.3 Å². The van der Waals surface area contributed by atoms with Gasteiger partial charge < -0.3 is 10.1 Å². The zero-order valence-corrected chi connectivity index (χ0v) is 6.31. The smallest absolute Gasteiger partial charge is 0.0849 e. The molecule has 0 atom stereocenters. The Balaban J connectivity index is 2.60. The quantitative estimate of drug-likeness (QED) is 0.545. The van der Waals surface area contributed by atoms with E-state index in [4.69, 9.17) is 4.74 Å². The normalized spacial score (nSPS) is 10.0. The molecular formula is C7H16NO. The molecule has 0 aromatic carbocycles. The van der Waals surface area contributed by atoms with Crippen LogP contribution in [0.25, 0.3) is 0 Å². The molecular weight excluding hydrogens is 114 g/mol. The Morgan fingerprint density at radius 2 is 2.22 bits per heavy atom. The van der Waals surface area contributed by atoms with Gasteiger partial charge >= 0.3 is 0 Å². The van der Waals surface area contributed by atoms with Crippen molar-refractivity contribution < 1.29 is 4.74 Å². The van der Waals surface area contributed by atoms with Gasteiger partial charge in [-0.1, -0.05) is 6.92 Å². The molecule has 0 spiro atoms. The van der Waals surface area contributed by atoms with Crippen molar-refractivity contribution in [2.45, 2.75) is 20.3 Å². The van der Waals surface area contributed by atoms with Crippen LogP contribution in [0.15, 0.2) is 0 Å². The fraction of sp³-hybridized carbons (Fsp3) is 0.857. The maximum absolute atomic E-state index is 5.02. The first kappa shape index (κ1) is 8.92. The van der Waals surface area contributed by atoms with E-state index in [9.17, 15) is 0 Å². The largest absolute Gasteiger partial charge is 0.376 e. The third kappa shape index (κ3) is 7.92. The number of ether oxygens (including phenoxy) is 1. The van der Waals surface area contributed by atoms with Crippen molar-refractivity contribution >= 4 is 0 Å². The van der Waals surface area contributed by atoms with Gasteiger partial charge in [0.05, 0.1) is 6.61 Å². The van der Waals surface area contributed by atoms with Gasteiger partial charge in [-0.3, -0.25) is 0 Å². The summed E-state index contributed by atoms with van der Waals surface area (Å²) in [4.78, 5) is 0. The maximum Gasteiger partial charge on any atom is 0.0849 e. The number of nitrogens with one attached hydrogen (secondary N) is 1. The third-order valence-corrected chi connectivity index (χ3v) is 0.973. The molecule has 0 fully saturated rings. The van der Waals surface area contributed by atoms with Gasteiger partial charge in [0.1, 0.15) is 0 Å². The number of hydrogen-bond acceptors (Lipinski definition) is 2. The van der Waals surface area contributed by atoms with Crippen molar-refractivity contribution in [3.8, 4) is 0 Å². The van der Waals surface area contributed by atoms with Crippen molar-refractivity contribution in [3.05, 3.63) is 6.61 Å². The zero-order valence-electron chi connectivity index (χ0n) is 6.31. The van der Waals surface area contributed by atoms with Gasteiger partial charge in [0.2, 0.25) is 0 Å². The van der Waals surface area contributed by atoms with Crippen LogP contribution in [0.3, 0.4) is 0 Å². The van der Waals surface area contributed by atoms with Crippen LogP contribution in [0.4, 0.5) is 0 Å². The van der Waals surface area contributed by atoms with Gasteiger partial charge in [-0.25, -0.2) is 0 Å². The highest BCUT2D eigenvalue weighted by molar-refractivity contribution is 4.52. The molecule has 0 aromatic heterocycles. The van der Waals surface area contributed by atoms with E-state index in [2.05, 4.69) is 12.2 Å². The lowest BCUT2D eigenvalue weighted by molar-refractivity contribution is 0.207. The molecule has 1 radical (unpaired) electrons. The van der Waals surface area contributed by atoms with Gasteiger partial charge in [0.15, 0.2) is 0 Å². The Labute approximate surface area is 57.6 Å². The van der Waals surface area contributed by atoms with E-state index in [0.29, 0.717) is 0 Å². The van der Waals surface area contributed by atoms with Crippen molar-refractivity contribution in [2.75, 3.05) is 19.7 Å². The molecule has 0 unspecified atom stereocenters. The van der Waals surface area contributed by atoms with E-state index >= 15 is 0 Å². The monoisotopic (exact) mass is 130 g/mol. The van der Waals surface area contributed by atoms with E-state index in [1.54, 1.807) is 0 Å². The summed E-state index contributed by atoms with van der Waals surface area (Å²) >= 11 is 0. The molecule has 0 aliphatic rings. The zero-order chi connectivity index (χ0) is 6.95. The molecule has 0 saturated carbocycles. The predicted molar refractivity (Wildman–Crippen MR) is 39.1 cm³/mol. The fourth-order valence-electron chi connectivity index (χ4n) is 0.539. The summed E-state index contributed by atoms with van der Waals surface area (Å²) in [5.41, 5.74) is 0. The molecule has 0 aromatic rings. The molecule has 0 rings (SSSR count). The first-order valence-electron chi connectivity index (χ1n) is 3.55. The molecule has 0 amide bonds. The molecule has 0 aliphatic carbocycles. The highest BCUT2D eigenvalue weighted by atomic mass is 16.5. The highest BCUT2D eigenvalue weighted by Gasteiger charge is 1.84. The SMILES string of the molecule is CCNCC[CH]OCC. The summed E-state index contributed by atoms with van der Waals surface area (Å²) in [7, 11) is 0. The molecule has 0 heterocycles. The van der Waals surface area contributed by atoms with Crippen LogP contribution in [-0.2, 0) is 4.74 Å². The molecule has 0 bridgehead atoms. The average Bonchev–Trinajstić information content (AvgIpc) is 1.89. The minimum absolute atomic E-state index is 0.784. The van der Waals surface area contributed by atoms with Gasteiger partial charge in [-0.05, 0) is 26.4 Å². The first-order chi connectivity index (χ1) is 4.41. The van der Waals surface area contributed by atoms with Crippen LogP contribution in [-0.4, -0.2) is 19.7 Å². The van der Waals surface area contributed by atoms with Crippen LogP contribution >= 0.6 is 0 Å². The second-order valence-electron chi connectivity index (χ2n) is 1.76. The second-order valence-corrected chi connectivity index (χ2v) is 1.76. The Kier molecular flexibility index (Phi) is 7.85. The van der Waals surface area contributed by atoms with Crippen LogP contribution < -0.4 is 5.32 Å². The van der Waals surface area contributed by atoms with E-state index < -0.39 is 0 Å². The fourth-order valence-corrected chi connectivity index (χ4v) is 0.539. The summed E-state index contributed by atoms with van der Waals surface area (Å²) in [6, 6.07) is 0. The second kappa shape index (κ2) is 7.92. The van der Waals surface area contributed by atoms with Crippen LogP contribution in [0.2, 0.25) is 0 Å². The van der Waals surface area contributed by atoms with E-state index in [-0.39, 0.29) is 0 Å². The van der Waals surface area contributed by atoms with Crippen LogP contribution in [0.5, 0.6) is 0 Å². The summed E-state index contributed by atoms with van der Waals surface area (Å²) in [5, 5.41) is 3.20. The summed E-state index contributed by atoms with van der Waals surface area (Å²) in [5.74, 6) is 0. The first-order valence-corrected chi connectivity index (χ1v) is 3.55. The molecule has 0 saturated heterocycles. The van der Waals surface area contributed by atoms with Gasteiger partial charge in [-0.15, -0.1) is 0 Å². The highest BCUT2D eigenvalue weighted by Crippen LogP contribution is 1.85. The summed E-state index contributed by atoms with van der Waals surface area (Å²) < 4.78 is 5.02. The molecule has 1 N–H and O–H groups in total. The Bertz CT molecular complexity index is 42.2. The standard InChI is InChI=1S/C7H16NO/c1-3-8-6-5-7-9-4-2/h7-8H,3-6H2,1-2H3. The van der Waals surface area contributed by atoms with E-state index in [1.165, 1.54) is 0 Å². The molecule has 55 valence electrons. The molecule has 2 nitrogen and oxygen atoms in total. The lowest BCUT2D eigenvalue weighted by Gasteiger charge is -1.99.